The SMILES string of the molecule is CCCC(CCC)C(=O)N(CC(=O)O)c1ccc(O)cc1. The molecule has 5 heteroatoms. The first-order valence-corrected chi connectivity index (χ1v) is 7.31. The van der Waals surface area contributed by atoms with Crippen molar-refractivity contribution in [1.29, 1.82) is 0 Å². The maximum atomic E-state index is 12.6. The highest BCUT2D eigenvalue weighted by atomic mass is 16.4. The van der Waals surface area contributed by atoms with E-state index in [2.05, 4.69) is 0 Å². The minimum absolute atomic E-state index is 0.0835. The van der Waals surface area contributed by atoms with Crippen molar-refractivity contribution in [3.8, 4) is 5.75 Å². The number of hydrogen-bond donors (Lipinski definition) is 2. The van der Waals surface area contributed by atoms with Gasteiger partial charge in [0.1, 0.15) is 12.3 Å². The number of phenolic OH excluding ortho intramolecular Hbond substituents is 1. The zero-order valence-corrected chi connectivity index (χ0v) is 12.6. The molecule has 0 aliphatic heterocycles. The van der Waals surface area contributed by atoms with E-state index >= 15 is 0 Å². The molecule has 1 amide bonds. The molecular formula is C16H23NO4. The number of benzene rings is 1. The van der Waals surface area contributed by atoms with Crippen molar-refractivity contribution in [3.63, 3.8) is 0 Å². The molecule has 2 N–H and O–H groups in total. The first-order valence-electron chi connectivity index (χ1n) is 7.31. The number of carbonyl (C=O) groups excluding carboxylic acids is 1. The summed E-state index contributed by atoms with van der Waals surface area (Å²) in [6.45, 7) is 3.66. The summed E-state index contributed by atoms with van der Waals surface area (Å²) in [6.07, 6.45) is 3.27. The Bertz CT molecular complexity index is 464. The summed E-state index contributed by atoms with van der Waals surface area (Å²) in [5.74, 6) is -1.29. The fourth-order valence-electron chi connectivity index (χ4n) is 2.37. The van der Waals surface area contributed by atoms with Gasteiger partial charge in [-0.1, -0.05) is 26.7 Å². The maximum absolute atomic E-state index is 12.6. The molecule has 1 rings (SSSR count). The molecule has 0 aliphatic carbocycles. The van der Waals surface area contributed by atoms with E-state index in [0.717, 1.165) is 25.7 Å². The molecule has 21 heavy (non-hydrogen) atoms. The predicted octanol–water partition coefficient (Wildman–Crippen LogP) is 3.03. The van der Waals surface area contributed by atoms with Crippen LogP contribution in [0.3, 0.4) is 0 Å². The smallest absolute Gasteiger partial charge is 0.323 e. The Kier molecular flexibility index (Phi) is 6.72. The van der Waals surface area contributed by atoms with Crippen LogP contribution in [0.25, 0.3) is 0 Å². The van der Waals surface area contributed by atoms with Gasteiger partial charge < -0.3 is 15.1 Å². The first-order chi connectivity index (χ1) is 9.99. The Morgan fingerprint density at radius 1 is 1.10 bits per heavy atom. The highest BCUT2D eigenvalue weighted by molar-refractivity contribution is 5.98. The van der Waals surface area contributed by atoms with Crippen LogP contribution in [0.4, 0.5) is 5.69 Å². The summed E-state index contributed by atoms with van der Waals surface area (Å²) in [5, 5.41) is 18.4. The Morgan fingerprint density at radius 3 is 2.05 bits per heavy atom. The molecule has 0 fully saturated rings. The second-order valence-electron chi connectivity index (χ2n) is 5.11. The number of carbonyl (C=O) groups is 2. The molecule has 1 aromatic carbocycles. The number of amides is 1. The third-order valence-electron chi connectivity index (χ3n) is 3.34. The van der Waals surface area contributed by atoms with Crippen LogP contribution in [0.2, 0.25) is 0 Å². The van der Waals surface area contributed by atoms with E-state index in [4.69, 9.17) is 5.11 Å². The minimum atomic E-state index is -1.05. The van der Waals surface area contributed by atoms with Crippen LogP contribution in [0.1, 0.15) is 39.5 Å². The summed E-state index contributed by atoms with van der Waals surface area (Å²) in [4.78, 5) is 25.0. The third-order valence-corrected chi connectivity index (χ3v) is 3.34. The van der Waals surface area contributed by atoms with Gasteiger partial charge in [-0.15, -0.1) is 0 Å². The lowest BCUT2D eigenvalue weighted by atomic mass is 9.96. The van der Waals surface area contributed by atoms with Gasteiger partial charge in [0.25, 0.3) is 0 Å². The lowest BCUT2D eigenvalue weighted by Gasteiger charge is -2.26. The van der Waals surface area contributed by atoms with Gasteiger partial charge in [-0.3, -0.25) is 9.59 Å². The first kappa shape index (κ1) is 17.0. The molecule has 116 valence electrons. The molecule has 0 spiro atoms. The van der Waals surface area contributed by atoms with Gasteiger partial charge in [-0.25, -0.2) is 0 Å². The lowest BCUT2D eigenvalue weighted by molar-refractivity contribution is -0.137. The number of aliphatic carboxylic acids is 1. The van der Waals surface area contributed by atoms with Gasteiger partial charge in [0.05, 0.1) is 0 Å². The average Bonchev–Trinajstić information content (AvgIpc) is 2.45. The van der Waals surface area contributed by atoms with E-state index in [0.29, 0.717) is 5.69 Å². The van der Waals surface area contributed by atoms with Gasteiger partial charge in [0.15, 0.2) is 0 Å². The monoisotopic (exact) mass is 293 g/mol. The molecule has 0 bridgehead atoms. The van der Waals surface area contributed by atoms with Crippen LogP contribution in [-0.2, 0) is 9.59 Å². The van der Waals surface area contributed by atoms with Crippen LogP contribution in [0.15, 0.2) is 24.3 Å². The van der Waals surface area contributed by atoms with Crippen molar-refractivity contribution in [2.75, 3.05) is 11.4 Å². The highest BCUT2D eigenvalue weighted by Crippen LogP contribution is 2.23. The van der Waals surface area contributed by atoms with Crippen LogP contribution < -0.4 is 4.90 Å². The predicted molar refractivity (Wildman–Crippen MR) is 81.4 cm³/mol. The van der Waals surface area contributed by atoms with E-state index in [1.54, 1.807) is 12.1 Å². The van der Waals surface area contributed by atoms with Crippen LogP contribution in [-0.4, -0.2) is 28.6 Å². The van der Waals surface area contributed by atoms with E-state index in [-0.39, 0.29) is 24.1 Å². The lowest BCUT2D eigenvalue weighted by Crippen LogP contribution is -2.39. The van der Waals surface area contributed by atoms with Crippen LogP contribution in [0, 0.1) is 5.92 Å². The van der Waals surface area contributed by atoms with Crippen LogP contribution >= 0.6 is 0 Å². The van der Waals surface area contributed by atoms with Crippen molar-refractivity contribution < 1.29 is 19.8 Å². The number of aromatic hydroxyl groups is 1. The average molecular weight is 293 g/mol. The molecule has 1 aromatic rings. The second kappa shape index (κ2) is 8.29. The number of nitrogens with zero attached hydrogens (tertiary/aromatic N) is 1. The van der Waals surface area contributed by atoms with E-state index in [1.165, 1.54) is 17.0 Å². The molecule has 0 radical (unpaired) electrons. The number of carboxylic acids is 1. The van der Waals surface area contributed by atoms with Gasteiger partial charge in [0, 0.05) is 11.6 Å². The second-order valence-corrected chi connectivity index (χ2v) is 5.11. The molecule has 0 aromatic heterocycles. The zero-order valence-electron chi connectivity index (χ0n) is 12.6. The van der Waals surface area contributed by atoms with Crippen molar-refractivity contribution >= 4 is 17.6 Å². The van der Waals surface area contributed by atoms with E-state index < -0.39 is 5.97 Å². The van der Waals surface area contributed by atoms with Crippen LogP contribution in [0.5, 0.6) is 5.75 Å². The summed E-state index contributed by atoms with van der Waals surface area (Å²) in [6, 6.07) is 6.02. The molecule has 0 aliphatic rings. The van der Waals surface area contributed by atoms with Crippen molar-refractivity contribution in [3.05, 3.63) is 24.3 Å². The van der Waals surface area contributed by atoms with Gasteiger partial charge in [-0.05, 0) is 37.1 Å². The van der Waals surface area contributed by atoms with Gasteiger partial charge in [-0.2, -0.15) is 0 Å². The molecule has 0 saturated heterocycles. The Balaban J connectivity index is 3.02. The van der Waals surface area contributed by atoms with Crippen molar-refractivity contribution in [2.24, 2.45) is 5.92 Å². The Labute approximate surface area is 125 Å². The molecular weight excluding hydrogens is 270 g/mol. The van der Waals surface area contributed by atoms with Gasteiger partial charge in [0.2, 0.25) is 5.91 Å². The summed E-state index contributed by atoms with van der Waals surface area (Å²) >= 11 is 0. The fraction of sp³-hybridized carbons (Fsp3) is 0.500. The number of phenols is 1. The number of anilines is 1. The number of carboxylic acid groups (broad SMARTS) is 1. The maximum Gasteiger partial charge on any atom is 0.323 e. The quantitative estimate of drug-likeness (QED) is 0.772. The normalized spacial score (nSPS) is 10.6. The molecule has 0 atom stereocenters. The standard InChI is InChI=1S/C16H23NO4/c1-3-5-12(6-4-2)16(21)17(11-15(19)20)13-7-9-14(18)10-8-13/h7-10,12,18H,3-6,11H2,1-2H3,(H,19,20). The number of hydrogen-bond acceptors (Lipinski definition) is 3. The van der Waals surface area contributed by atoms with Crippen molar-refractivity contribution in [1.82, 2.24) is 0 Å². The summed E-state index contributed by atoms with van der Waals surface area (Å²) in [5.41, 5.74) is 0.498. The Hall–Kier alpha value is -2.04. The largest absolute Gasteiger partial charge is 0.508 e. The molecule has 0 saturated carbocycles. The zero-order chi connectivity index (χ0) is 15.8. The molecule has 0 heterocycles. The third kappa shape index (κ3) is 5.10. The van der Waals surface area contributed by atoms with Gasteiger partial charge >= 0.3 is 5.97 Å². The fourth-order valence-corrected chi connectivity index (χ4v) is 2.37. The topological polar surface area (TPSA) is 77.8 Å². The minimum Gasteiger partial charge on any atom is -0.508 e. The Morgan fingerprint density at radius 2 is 1.62 bits per heavy atom. The van der Waals surface area contributed by atoms with E-state index in [1.807, 2.05) is 13.8 Å². The summed E-state index contributed by atoms with van der Waals surface area (Å²) in [7, 11) is 0. The summed E-state index contributed by atoms with van der Waals surface area (Å²) < 4.78 is 0. The van der Waals surface area contributed by atoms with Crippen molar-refractivity contribution in [2.45, 2.75) is 39.5 Å². The number of rotatable bonds is 8. The highest BCUT2D eigenvalue weighted by Gasteiger charge is 2.25. The molecule has 0 unspecified atom stereocenters. The molecule has 5 nitrogen and oxygen atoms in total. The van der Waals surface area contributed by atoms with E-state index in [9.17, 15) is 14.7 Å².